The summed E-state index contributed by atoms with van der Waals surface area (Å²) in [7, 11) is 0. The maximum atomic E-state index is 5.08. The van der Waals surface area contributed by atoms with E-state index in [1.165, 1.54) is 0 Å². The van der Waals surface area contributed by atoms with Crippen molar-refractivity contribution < 1.29 is 21.1 Å². The van der Waals surface area contributed by atoms with Crippen LogP contribution in [0.15, 0.2) is 48.8 Å². The van der Waals surface area contributed by atoms with Gasteiger partial charge in [0.1, 0.15) is 0 Å². The van der Waals surface area contributed by atoms with Crippen molar-refractivity contribution in [2.24, 2.45) is 0 Å². The molecular weight excluding hydrogens is 591 g/mol. The molecule has 6 nitrogen and oxygen atoms in total. The SMILES string of the molecule is CC1(C)c2ccn(n2)C(C)(C)c2ccc([n-]2)C(C)(C)c2ccc([n-]2)C(C)(C)n2ccc1n2.[Pt+2]. The predicted octanol–water partition coefficient (Wildman–Crippen LogP) is 4.52. The van der Waals surface area contributed by atoms with E-state index in [0.29, 0.717) is 0 Å². The number of rotatable bonds is 0. The van der Waals surface area contributed by atoms with E-state index in [1.54, 1.807) is 0 Å². The van der Waals surface area contributed by atoms with E-state index in [1.807, 2.05) is 9.36 Å². The summed E-state index contributed by atoms with van der Waals surface area (Å²) >= 11 is 0. The van der Waals surface area contributed by atoms with E-state index < -0.39 is 0 Å². The Kier molecular flexibility index (Phi) is 5.29. The van der Waals surface area contributed by atoms with Crippen molar-refractivity contribution in [1.29, 1.82) is 0 Å². The molecule has 1 aliphatic rings. The summed E-state index contributed by atoms with van der Waals surface area (Å²) in [4.78, 5) is 10.2. The van der Waals surface area contributed by atoms with E-state index in [0.717, 1.165) is 34.2 Å². The van der Waals surface area contributed by atoms with Gasteiger partial charge in [-0.3, -0.25) is 9.36 Å². The molecule has 0 radical (unpaired) electrons. The minimum absolute atomic E-state index is 0. The first-order valence-electron chi connectivity index (χ1n) is 11.3. The number of aromatic nitrogens is 6. The summed E-state index contributed by atoms with van der Waals surface area (Å²) in [6.45, 7) is 17.4. The van der Waals surface area contributed by atoms with Crippen LogP contribution in [0.2, 0.25) is 0 Å². The van der Waals surface area contributed by atoms with E-state index >= 15 is 0 Å². The van der Waals surface area contributed by atoms with Crippen molar-refractivity contribution in [2.45, 2.75) is 77.3 Å². The Morgan fingerprint density at radius 1 is 0.545 bits per heavy atom. The van der Waals surface area contributed by atoms with Crippen LogP contribution in [0.1, 0.15) is 89.6 Å². The smallest absolute Gasteiger partial charge is 0.662 e. The molecular formula is C26H32N6Pt. The maximum Gasteiger partial charge on any atom is 2.00 e. The second-order valence-corrected chi connectivity index (χ2v) is 11.1. The van der Waals surface area contributed by atoms with Gasteiger partial charge in [-0.2, -0.15) is 21.6 Å². The Morgan fingerprint density at radius 2 is 0.909 bits per heavy atom. The Balaban J connectivity index is 0.00000259. The molecule has 7 heteroatoms. The molecule has 0 unspecified atom stereocenters. The van der Waals surface area contributed by atoms with Gasteiger partial charge < -0.3 is 9.97 Å². The minimum atomic E-state index is -0.383. The third-order valence-electron chi connectivity index (χ3n) is 7.42. The van der Waals surface area contributed by atoms with Crippen molar-refractivity contribution in [1.82, 2.24) is 29.5 Å². The molecule has 0 amide bonds. The fourth-order valence-electron chi connectivity index (χ4n) is 4.54. The summed E-state index contributed by atoms with van der Waals surface area (Å²) in [5, 5.41) is 10.0. The molecule has 0 N–H and O–H groups in total. The third-order valence-corrected chi connectivity index (χ3v) is 7.42. The van der Waals surface area contributed by atoms with Crippen molar-refractivity contribution in [3.05, 3.63) is 83.0 Å². The van der Waals surface area contributed by atoms with Crippen LogP contribution in [0.4, 0.5) is 0 Å². The van der Waals surface area contributed by atoms with Gasteiger partial charge in [-0.1, -0.05) is 38.1 Å². The molecule has 5 heterocycles. The van der Waals surface area contributed by atoms with Gasteiger partial charge in [-0.05, 0) is 59.1 Å². The monoisotopic (exact) mass is 623 g/mol. The zero-order valence-corrected chi connectivity index (χ0v) is 22.9. The first-order chi connectivity index (χ1) is 14.8. The van der Waals surface area contributed by atoms with Gasteiger partial charge in [-0.15, -0.1) is 11.4 Å². The van der Waals surface area contributed by atoms with Crippen molar-refractivity contribution in [3.63, 3.8) is 0 Å². The predicted molar refractivity (Wildman–Crippen MR) is 125 cm³/mol. The summed E-state index contributed by atoms with van der Waals surface area (Å²) in [5.74, 6) is 0. The van der Waals surface area contributed by atoms with Gasteiger partial charge >= 0.3 is 21.1 Å². The molecule has 0 fully saturated rings. The normalized spacial score (nSPS) is 19.6. The summed E-state index contributed by atoms with van der Waals surface area (Å²) < 4.78 is 4.05. The molecule has 0 aliphatic carbocycles. The van der Waals surface area contributed by atoms with Crippen molar-refractivity contribution in [3.8, 4) is 0 Å². The molecule has 0 saturated carbocycles. The van der Waals surface area contributed by atoms with Crippen molar-refractivity contribution >= 4 is 0 Å². The van der Waals surface area contributed by atoms with Crippen LogP contribution in [0.5, 0.6) is 0 Å². The molecule has 176 valence electrons. The van der Waals surface area contributed by atoms with Gasteiger partial charge in [0.25, 0.3) is 0 Å². The molecule has 0 saturated heterocycles. The molecule has 4 aromatic heterocycles. The first kappa shape index (κ1) is 23.8. The average molecular weight is 624 g/mol. The summed E-state index contributed by atoms with van der Waals surface area (Å²) in [6.07, 6.45) is 4.11. The quantitative estimate of drug-likeness (QED) is 0.289. The summed E-state index contributed by atoms with van der Waals surface area (Å²) in [5.41, 5.74) is 4.59. The maximum absolute atomic E-state index is 5.08. The van der Waals surface area contributed by atoms with E-state index in [4.69, 9.17) is 20.2 Å². The van der Waals surface area contributed by atoms with E-state index in [9.17, 15) is 0 Å². The van der Waals surface area contributed by atoms with Crippen LogP contribution in [0.25, 0.3) is 0 Å². The van der Waals surface area contributed by atoms with Crippen LogP contribution in [-0.4, -0.2) is 19.6 Å². The Hall–Kier alpha value is -2.33. The van der Waals surface area contributed by atoms with Gasteiger partial charge in [0.2, 0.25) is 0 Å². The van der Waals surface area contributed by atoms with Crippen LogP contribution < -0.4 is 9.97 Å². The van der Waals surface area contributed by atoms with Gasteiger partial charge in [-0.25, -0.2) is 0 Å². The van der Waals surface area contributed by atoms with Crippen LogP contribution >= 0.6 is 0 Å². The second-order valence-electron chi connectivity index (χ2n) is 11.1. The largest absolute Gasteiger partial charge is 2.00 e. The van der Waals surface area contributed by atoms with E-state index in [2.05, 4.69) is 104 Å². The first-order valence-corrected chi connectivity index (χ1v) is 11.3. The standard InChI is InChI=1S/C26H32N6.Pt/c1-23(2)17-9-11-21(27-17)25(5,6)31-15-13-19(29-31)24(3,4)20-14-16-32(30-20)26(7,8)22-12-10-18(23)28-22;/h9-16H,1-8H3;/q-2;+2. The summed E-state index contributed by atoms with van der Waals surface area (Å²) in [6, 6.07) is 12.7. The Morgan fingerprint density at radius 3 is 1.30 bits per heavy atom. The minimum Gasteiger partial charge on any atom is -0.662 e. The van der Waals surface area contributed by atoms with Crippen LogP contribution in [0, 0.1) is 0 Å². The van der Waals surface area contributed by atoms with Crippen LogP contribution in [0.3, 0.4) is 0 Å². The molecule has 5 rings (SSSR count). The van der Waals surface area contributed by atoms with Gasteiger partial charge in [0, 0.05) is 12.4 Å². The van der Waals surface area contributed by atoms with Gasteiger partial charge in [0.05, 0.1) is 27.9 Å². The molecule has 0 atom stereocenters. The average Bonchev–Trinajstić information content (AvgIpc) is 3.53. The molecule has 1 aliphatic heterocycles. The zero-order chi connectivity index (χ0) is 23.1. The second kappa shape index (κ2) is 7.33. The number of hydrogen-bond acceptors (Lipinski definition) is 2. The van der Waals surface area contributed by atoms with Crippen LogP contribution in [-0.2, 0) is 43.0 Å². The molecule has 33 heavy (non-hydrogen) atoms. The Bertz CT molecular complexity index is 1010. The molecule has 0 spiro atoms. The molecule has 8 bridgehead atoms. The van der Waals surface area contributed by atoms with Crippen molar-refractivity contribution in [2.75, 3.05) is 0 Å². The fraction of sp³-hybridized carbons (Fsp3) is 0.462. The van der Waals surface area contributed by atoms with Gasteiger partial charge in [0.15, 0.2) is 0 Å². The zero-order valence-electron chi connectivity index (χ0n) is 20.6. The third kappa shape index (κ3) is 3.41. The fourth-order valence-corrected chi connectivity index (χ4v) is 4.54. The topological polar surface area (TPSA) is 63.8 Å². The Labute approximate surface area is 210 Å². The molecule has 0 aromatic carbocycles. The number of nitrogens with zero attached hydrogens (tertiary/aromatic N) is 6. The molecule has 4 aromatic rings. The number of fused-ring (bicyclic) bond motifs is 8. The number of hydrogen-bond donors (Lipinski definition) is 0. The van der Waals surface area contributed by atoms with E-state index in [-0.39, 0.29) is 43.0 Å².